The molecule has 0 amide bonds. The van der Waals surface area contributed by atoms with Crippen LogP contribution in [0.3, 0.4) is 0 Å². The van der Waals surface area contributed by atoms with Crippen molar-refractivity contribution in [1.29, 1.82) is 0 Å². The lowest BCUT2D eigenvalue weighted by Crippen LogP contribution is -2.30. The number of hydrogen-bond acceptors (Lipinski definition) is 6. The minimum absolute atomic E-state index is 0.00537. The Morgan fingerprint density at radius 2 is 2.04 bits per heavy atom. The van der Waals surface area contributed by atoms with E-state index in [4.69, 9.17) is 4.74 Å². The third-order valence-corrected chi connectivity index (χ3v) is 8.14. The summed E-state index contributed by atoms with van der Waals surface area (Å²) in [6, 6.07) is 10.2. The van der Waals surface area contributed by atoms with E-state index < -0.39 is 16.0 Å². The molecule has 0 atom stereocenters. The van der Waals surface area contributed by atoms with Gasteiger partial charge in [-0.1, -0.05) is 30.3 Å². The number of thiophene rings is 1. The standard InChI is InChI=1S/C19H22N2O4S2/c1-25-18(22)17-15-9-10-21(11-13-5-3-2-4-6-13)12-16(15)26-19(17)27(23,24)20-14-7-8-14/h2-6,14,20H,7-12H2,1H3. The van der Waals surface area contributed by atoms with Gasteiger partial charge >= 0.3 is 5.97 Å². The zero-order chi connectivity index (χ0) is 19.0. The van der Waals surface area contributed by atoms with Crippen LogP contribution in [0, 0.1) is 0 Å². The molecular formula is C19H22N2O4S2. The Balaban J connectivity index is 1.64. The maximum atomic E-state index is 12.8. The second-order valence-electron chi connectivity index (χ2n) is 7.00. The normalized spacial score (nSPS) is 17.5. The molecular weight excluding hydrogens is 384 g/mol. The van der Waals surface area contributed by atoms with Crippen LogP contribution in [-0.2, 0) is 34.3 Å². The molecule has 1 aromatic heterocycles. The van der Waals surface area contributed by atoms with Crippen molar-refractivity contribution in [1.82, 2.24) is 9.62 Å². The molecule has 0 radical (unpaired) electrons. The Labute approximate surface area is 163 Å². The highest BCUT2D eigenvalue weighted by molar-refractivity contribution is 7.91. The number of methoxy groups -OCH3 is 1. The number of ether oxygens (including phenoxy) is 1. The summed E-state index contributed by atoms with van der Waals surface area (Å²) in [6.45, 7) is 2.21. The summed E-state index contributed by atoms with van der Waals surface area (Å²) in [4.78, 5) is 15.6. The summed E-state index contributed by atoms with van der Waals surface area (Å²) in [7, 11) is -2.41. The van der Waals surface area contributed by atoms with E-state index in [1.807, 2.05) is 18.2 Å². The van der Waals surface area contributed by atoms with E-state index in [1.54, 1.807) is 0 Å². The highest BCUT2D eigenvalue weighted by atomic mass is 32.2. The monoisotopic (exact) mass is 406 g/mol. The molecule has 1 aliphatic heterocycles. The number of carbonyl (C=O) groups excluding carboxylic acids is 1. The van der Waals surface area contributed by atoms with E-state index in [-0.39, 0.29) is 15.8 Å². The largest absolute Gasteiger partial charge is 0.465 e. The smallest absolute Gasteiger partial charge is 0.340 e. The Bertz CT molecular complexity index is 950. The summed E-state index contributed by atoms with van der Waals surface area (Å²) in [5.74, 6) is -0.569. The average Bonchev–Trinajstić information content (AvgIpc) is 3.37. The maximum Gasteiger partial charge on any atom is 0.340 e. The lowest BCUT2D eigenvalue weighted by atomic mass is 10.0. The Morgan fingerprint density at radius 3 is 2.70 bits per heavy atom. The van der Waals surface area contributed by atoms with Crippen LogP contribution in [0.1, 0.15) is 39.2 Å². The SMILES string of the molecule is COC(=O)c1c(S(=O)(=O)NC2CC2)sc2c1CCN(Cc1ccccc1)C2. The first-order chi connectivity index (χ1) is 13.0. The van der Waals surface area contributed by atoms with Gasteiger partial charge in [0.05, 0.1) is 12.7 Å². The summed E-state index contributed by atoms with van der Waals surface area (Å²) in [6.07, 6.45) is 2.34. The minimum Gasteiger partial charge on any atom is -0.465 e. The molecule has 1 saturated carbocycles. The molecule has 4 rings (SSSR count). The molecule has 0 saturated heterocycles. The van der Waals surface area contributed by atoms with Crippen molar-refractivity contribution in [3.05, 3.63) is 51.9 Å². The van der Waals surface area contributed by atoms with E-state index in [0.29, 0.717) is 13.0 Å². The molecule has 2 aromatic rings. The van der Waals surface area contributed by atoms with Crippen LogP contribution in [0.5, 0.6) is 0 Å². The van der Waals surface area contributed by atoms with Gasteiger partial charge in [-0.05, 0) is 30.4 Å². The molecule has 1 aliphatic carbocycles. The van der Waals surface area contributed by atoms with Crippen molar-refractivity contribution in [2.45, 2.75) is 42.6 Å². The van der Waals surface area contributed by atoms with Crippen molar-refractivity contribution < 1.29 is 17.9 Å². The number of nitrogens with one attached hydrogen (secondary N) is 1. The number of esters is 1. The number of hydrogen-bond donors (Lipinski definition) is 1. The van der Waals surface area contributed by atoms with E-state index >= 15 is 0 Å². The fraction of sp³-hybridized carbons (Fsp3) is 0.421. The number of benzene rings is 1. The molecule has 1 fully saturated rings. The first-order valence-corrected chi connectivity index (χ1v) is 11.3. The van der Waals surface area contributed by atoms with Crippen LogP contribution in [0.4, 0.5) is 0 Å². The first-order valence-electron chi connectivity index (χ1n) is 8.99. The van der Waals surface area contributed by atoms with Gasteiger partial charge in [-0.2, -0.15) is 0 Å². The van der Waals surface area contributed by atoms with Crippen LogP contribution in [0.25, 0.3) is 0 Å². The topological polar surface area (TPSA) is 75.7 Å². The molecule has 144 valence electrons. The van der Waals surface area contributed by atoms with Gasteiger partial charge in [0.15, 0.2) is 0 Å². The number of rotatable bonds is 6. The van der Waals surface area contributed by atoms with Crippen LogP contribution in [0.2, 0.25) is 0 Å². The molecule has 0 bridgehead atoms. The highest BCUT2D eigenvalue weighted by Gasteiger charge is 2.36. The quantitative estimate of drug-likeness (QED) is 0.746. The van der Waals surface area contributed by atoms with Crippen molar-refractivity contribution in [2.24, 2.45) is 0 Å². The van der Waals surface area contributed by atoms with Gasteiger partial charge in [-0.3, -0.25) is 4.90 Å². The van der Waals surface area contributed by atoms with Gasteiger partial charge in [0.1, 0.15) is 4.21 Å². The Morgan fingerprint density at radius 1 is 1.30 bits per heavy atom. The summed E-state index contributed by atoms with van der Waals surface area (Å²) < 4.78 is 33.3. The van der Waals surface area contributed by atoms with E-state index in [2.05, 4.69) is 21.8 Å². The third kappa shape index (κ3) is 3.94. The lowest BCUT2D eigenvalue weighted by Gasteiger charge is -2.27. The van der Waals surface area contributed by atoms with Gasteiger partial charge in [-0.15, -0.1) is 11.3 Å². The second-order valence-corrected chi connectivity index (χ2v) is 10.0. The molecule has 0 unspecified atom stereocenters. The van der Waals surface area contributed by atoms with Crippen LogP contribution in [-0.4, -0.2) is 39.0 Å². The summed E-state index contributed by atoms with van der Waals surface area (Å²) in [5, 5.41) is 0. The fourth-order valence-corrected chi connectivity index (χ4v) is 6.63. The molecule has 27 heavy (non-hydrogen) atoms. The molecule has 1 aromatic carbocycles. The number of carbonyl (C=O) groups is 1. The molecule has 1 N–H and O–H groups in total. The zero-order valence-corrected chi connectivity index (χ0v) is 16.7. The van der Waals surface area contributed by atoms with Gasteiger partial charge in [0.25, 0.3) is 10.0 Å². The average molecular weight is 407 g/mol. The van der Waals surface area contributed by atoms with Crippen molar-refractivity contribution in [3.63, 3.8) is 0 Å². The van der Waals surface area contributed by atoms with Gasteiger partial charge in [0, 0.05) is 30.6 Å². The maximum absolute atomic E-state index is 12.8. The molecule has 2 heterocycles. The van der Waals surface area contributed by atoms with Gasteiger partial charge in [0.2, 0.25) is 0 Å². The van der Waals surface area contributed by atoms with Crippen LogP contribution >= 0.6 is 11.3 Å². The van der Waals surface area contributed by atoms with E-state index in [1.165, 1.54) is 24.0 Å². The predicted molar refractivity (Wildman–Crippen MR) is 103 cm³/mol. The zero-order valence-electron chi connectivity index (χ0n) is 15.1. The third-order valence-electron chi connectivity index (χ3n) is 4.89. The molecule has 2 aliphatic rings. The Kier molecular flexibility index (Phi) is 5.07. The Hall–Kier alpha value is -1.74. The van der Waals surface area contributed by atoms with E-state index in [9.17, 15) is 13.2 Å². The molecule has 0 spiro atoms. The number of nitrogens with zero attached hydrogens (tertiary/aromatic N) is 1. The minimum atomic E-state index is -3.70. The second kappa shape index (κ2) is 7.35. The molecule has 8 heteroatoms. The van der Waals surface area contributed by atoms with Crippen molar-refractivity contribution in [3.8, 4) is 0 Å². The van der Waals surface area contributed by atoms with Crippen LogP contribution in [0.15, 0.2) is 34.5 Å². The van der Waals surface area contributed by atoms with Gasteiger partial charge in [-0.25, -0.2) is 17.9 Å². The number of fused-ring (bicyclic) bond motifs is 1. The predicted octanol–water partition coefficient (Wildman–Crippen LogP) is 2.53. The highest BCUT2D eigenvalue weighted by Crippen LogP contribution is 2.37. The first kappa shape index (κ1) is 18.6. The van der Waals surface area contributed by atoms with E-state index in [0.717, 1.165) is 36.4 Å². The number of sulfonamides is 1. The molecule has 6 nitrogen and oxygen atoms in total. The lowest BCUT2D eigenvalue weighted by molar-refractivity contribution is 0.0595. The summed E-state index contributed by atoms with van der Waals surface area (Å²) in [5.41, 5.74) is 2.27. The van der Waals surface area contributed by atoms with Crippen molar-refractivity contribution >= 4 is 27.3 Å². The van der Waals surface area contributed by atoms with Gasteiger partial charge < -0.3 is 4.74 Å². The summed E-state index contributed by atoms with van der Waals surface area (Å²) >= 11 is 1.20. The van der Waals surface area contributed by atoms with Crippen LogP contribution < -0.4 is 4.72 Å². The van der Waals surface area contributed by atoms with Crippen molar-refractivity contribution in [2.75, 3.05) is 13.7 Å². The fourth-order valence-electron chi connectivity index (χ4n) is 3.38.